The number of rotatable bonds is 6. The number of hydrogen-bond donors (Lipinski definition) is 2. The van der Waals surface area contributed by atoms with Crippen molar-refractivity contribution in [2.24, 2.45) is 0 Å². The average molecular weight is 305 g/mol. The van der Waals surface area contributed by atoms with Crippen LogP contribution in [0, 0.1) is 20.8 Å². The van der Waals surface area contributed by atoms with Crippen LogP contribution in [-0.4, -0.2) is 47.3 Å². The maximum atomic E-state index is 12.7. The highest BCUT2D eigenvalue weighted by molar-refractivity contribution is 6.00. The van der Waals surface area contributed by atoms with E-state index in [1.807, 2.05) is 32.9 Å². The van der Waals surface area contributed by atoms with E-state index in [1.165, 1.54) is 4.90 Å². The summed E-state index contributed by atoms with van der Waals surface area (Å²) in [5.41, 5.74) is 3.64. The number of aliphatic hydroxyl groups is 2. The predicted molar refractivity (Wildman–Crippen MR) is 85.1 cm³/mol. The van der Waals surface area contributed by atoms with Crippen LogP contribution in [0.2, 0.25) is 0 Å². The molecule has 1 amide bonds. The fourth-order valence-corrected chi connectivity index (χ4v) is 2.72. The topological polar surface area (TPSA) is 73.9 Å². The van der Waals surface area contributed by atoms with Gasteiger partial charge in [0.1, 0.15) is 5.58 Å². The van der Waals surface area contributed by atoms with E-state index in [0.29, 0.717) is 18.7 Å². The number of hydrogen-bond acceptors (Lipinski definition) is 4. The van der Waals surface area contributed by atoms with Crippen molar-refractivity contribution in [2.75, 3.05) is 26.3 Å². The first kappa shape index (κ1) is 16.5. The van der Waals surface area contributed by atoms with E-state index in [4.69, 9.17) is 14.6 Å². The maximum absolute atomic E-state index is 12.7. The Morgan fingerprint density at radius 2 is 1.77 bits per heavy atom. The lowest BCUT2D eigenvalue weighted by Gasteiger charge is -2.20. The van der Waals surface area contributed by atoms with Crippen molar-refractivity contribution in [2.45, 2.75) is 27.2 Å². The van der Waals surface area contributed by atoms with E-state index < -0.39 is 0 Å². The molecule has 0 atom stereocenters. The fourth-order valence-electron chi connectivity index (χ4n) is 2.72. The molecule has 0 saturated heterocycles. The van der Waals surface area contributed by atoms with Crippen LogP contribution in [0.5, 0.6) is 0 Å². The van der Waals surface area contributed by atoms with Gasteiger partial charge in [0.25, 0.3) is 5.91 Å². The summed E-state index contributed by atoms with van der Waals surface area (Å²) in [5.74, 6) is 0.0776. The summed E-state index contributed by atoms with van der Waals surface area (Å²) >= 11 is 0. The van der Waals surface area contributed by atoms with Gasteiger partial charge in [-0.05, 0) is 38.3 Å². The quantitative estimate of drug-likeness (QED) is 0.858. The van der Waals surface area contributed by atoms with Crippen LogP contribution in [-0.2, 0) is 0 Å². The summed E-state index contributed by atoms with van der Waals surface area (Å²) in [6, 6.07) is 4.00. The highest BCUT2D eigenvalue weighted by Gasteiger charge is 2.24. The third-order valence-electron chi connectivity index (χ3n) is 3.92. The standard InChI is InChI=1S/C17H23NO4/c1-11-5-6-12(2)15-14(11)13(3)16(22-15)17(21)18(8-10-20)7-4-9-19/h5-6,19-20H,4,7-10H2,1-3H3. The van der Waals surface area contributed by atoms with Crippen LogP contribution in [0.25, 0.3) is 11.0 Å². The van der Waals surface area contributed by atoms with Gasteiger partial charge in [0.2, 0.25) is 0 Å². The molecule has 0 unspecified atom stereocenters. The average Bonchev–Trinajstić information content (AvgIpc) is 2.85. The Bertz CT molecular complexity index is 675. The highest BCUT2D eigenvalue weighted by atomic mass is 16.3. The van der Waals surface area contributed by atoms with Gasteiger partial charge >= 0.3 is 0 Å². The lowest BCUT2D eigenvalue weighted by molar-refractivity contribution is 0.0680. The predicted octanol–water partition coefficient (Wildman–Crippen LogP) is 2.17. The molecule has 5 heteroatoms. The third-order valence-corrected chi connectivity index (χ3v) is 3.92. The zero-order chi connectivity index (χ0) is 16.3. The number of aryl methyl sites for hydroxylation is 3. The highest BCUT2D eigenvalue weighted by Crippen LogP contribution is 2.31. The molecule has 0 radical (unpaired) electrons. The van der Waals surface area contributed by atoms with Crippen LogP contribution < -0.4 is 0 Å². The van der Waals surface area contributed by atoms with Gasteiger partial charge in [0.05, 0.1) is 6.61 Å². The molecular weight excluding hydrogens is 282 g/mol. The van der Waals surface area contributed by atoms with E-state index in [1.54, 1.807) is 0 Å². The fraction of sp³-hybridized carbons (Fsp3) is 0.471. The molecule has 22 heavy (non-hydrogen) atoms. The zero-order valence-electron chi connectivity index (χ0n) is 13.3. The normalized spacial score (nSPS) is 11.1. The molecule has 0 aliphatic carbocycles. The Kier molecular flexibility index (Phi) is 5.21. The minimum Gasteiger partial charge on any atom is -0.450 e. The minimum atomic E-state index is -0.241. The summed E-state index contributed by atoms with van der Waals surface area (Å²) in [7, 11) is 0. The van der Waals surface area contributed by atoms with Crippen molar-refractivity contribution in [1.29, 1.82) is 0 Å². The summed E-state index contributed by atoms with van der Waals surface area (Å²) < 4.78 is 5.84. The summed E-state index contributed by atoms with van der Waals surface area (Å²) in [4.78, 5) is 14.2. The van der Waals surface area contributed by atoms with Gasteiger partial charge in [-0.2, -0.15) is 0 Å². The van der Waals surface area contributed by atoms with Gasteiger partial charge in [-0.25, -0.2) is 0 Å². The van der Waals surface area contributed by atoms with E-state index >= 15 is 0 Å². The number of furan rings is 1. The number of fused-ring (bicyclic) bond motifs is 1. The minimum absolute atomic E-state index is 0.00649. The van der Waals surface area contributed by atoms with Gasteiger partial charge in [0, 0.05) is 30.6 Å². The molecule has 2 rings (SSSR count). The van der Waals surface area contributed by atoms with Crippen LogP contribution >= 0.6 is 0 Å². The van der Waals surface area contributed by atoms with Crippen molar-refractivity contribution >= 4 is 16.9 Å². The number of carbonyl (C=O) groups excluding carboxylic acids is 1. The number of benzene rings is 1. The second kappa shape index (κ2) is 6.94. The lowest BCUT2D eigenvalue weighted by Crippen LogP contribution is -2.35. The van der Waals surface area contributed by atoms with Crippen molar-refractivity contribution in [1.82, 2.24) is 4.90 Å². The first-order chi connectivity index (χ1) is 10.5. The van der Waals surface area contributed by atoms with Gasteiger partial charge in [0.15, 0.2) is 5.76 Å². The van der Waals surface area contributed by atoms with Crippen molar-refractivity contribution in [3.05, 3.63) is 34.6 Å². The summed E-state index contributed by atoms with van der Waals surface area (Å²) in [6.07, 6.45) is 0.475. The number of aliphatic hydroxyl groups excluding tert-OH is 2. The number of carbonyl (C=O) groups is 1. The molecule has 120 valence electrons. The molecule has 2 N–H and O–H groups in total. The first-order valence-corrected chi connectivity index (χ1v) is 7.51. The van der Waals surface area contributed by atoms with E-state index in [0.717, 1.165) is 27.7 Å². The van der Waals surface area contributed by atoms with Crippen molar-refractivity contribution in [3.8, 4) is 0 Å². The molecule has 0 aliphatic rings. The van der Waals surface area contributed by atoms with E-state index in [9.17, 15) is 4.79 Å². The molecule has 0 saturated carbocycles. The largest absolute Gasteiger partial charge is 0.450 e. The second-order valence-electron chi connectivity index (χ2n) is 5.55. The lowest BCUT2D eigenvalue weighted by atomic mass is 10.0. The smallest absolute Gasteiger partial charge is 0.289 e. The monoisotopic (exact) mass is 305 g/mol. The van der Waals surface area contributed by atoms with Crippen LogP contribution in [0.1, 0.15) is 33.7 Å². The molecule has 1 aromatic carbocycles. The molecule has 5 nitrogen and oxygen atoms in total. The SMILES string of the molecule is Cc1ccc(C)c2c(C)c(C(=O)N(CCO)CCCO)oc12. The molecule has 0 fully saturated rings. The Morgan fingerprint density at radius 1 is 1.09 bits per heavy atom. The molecule has 2 aromatic rings. The molecule has 1 aromatic heterocycles. The van der Waals surface area contributed by atoms with Crippen molar-refractivity contribution < 1.29 is 19.4 Å². The number of nitrogens with zero attached hydrogens (tertiary/aromatic N) is 1. The van der Waals surface area contributed by atoms with E-state index in [2.05, 4.69) is 0 Å². The maximum Gasteiger partial charge on any atom is 0.289 e. The molecule has 0 spiro atoms. The molecule has 1 heterocycles. The Labute approximate surface area is 130 Å². The van der Waals surface area contributed by atoms with Gasteiger partial charge in [-0.1, -0.05) is 12.1 Å². The second-order valence-corrected chi connectivity index (χ2v) is 5.55. The molecule has 0 bridgehead atoms. The van der Waals surface area contributed by atoms with Crippen LogP contribution in [0.4, 0.5) is 0 Å². The van der Waals surface area contributed by atoms with Gasteiger partial charge < -0.3 is 19.5 Å². The van der Waals surface area contributed by atoms with Crippen molar-refractivity contribution in [3.63, 3.8) is 0 Å². The molecule has 0 aliphatic heterocycles. The Balaban J connectivity index is 2.44. The zero-order valence-corrected chi connectivity index (χ0v) is 13.3. The van der Waals surface area contributed by atoms with E-state index in [-0.39, 0.29) is 25.7 Å². The summed E-state index contributed by atoms with van der Waals surface area (Å²) in [5, 5.41) is 19.1. The van der Waals surface area contributed by atoms with Crippen LogP contribution in [0.15, 0.2) is 16.5 Å². The Hall–Kier alpha value is -1.85. The number of amides is 1. The summed E-state index contributed by atoms with van der Waals surface area (Å²) in [6.45, 7) is 6.35. The van der Waals surface area contributed by atoms with Gasteiger partial charge in [-0.15, -0.1) is 0 Å². The Morgan fingerprint density at radius 3 is 2.36 bits per heavy atom. The van der Waals surface area contributed by atoms with Gasteiger partial charge in [-0.3, -0.25) is 4.79 Å². The first-order valence-electron chi connectivity index (χ1n) is 7.51. The molecular formula is C17H23NO4. The third kappa shape index (κ3) is 3.00. The van der Waals surface area contributed by atoms with Crippen LogP contribution in [0.3, 0.4) is 0 Å².